The molecule has 25 heavy (non-hydrogen) atoms. The summed E-state index contributed by atoms with van der Waals surface area (Å²) in [5.41, 5.74) is 0.657. The van der Waals surface area contributed by atoms with Crippen LogP contribution < -0.4 is 5.56 Å². The fourth-order valence-corrected chi connectivity index (χ4v) is 4.05. The molecule has 4 rings (SSSR count). The Morgan fingerprint density at radius 3 is 2.92 bits per heavy atom. The summed E-state index contributed by atoms with van der Waals surface area (Å²) in [5, 5.41) is 0.640. The van der Waals surface area contributed by atoms with Crippen LogP contribution in [-0.2, 0) is 16.0 Å². The number of benzene rings is 1. The minimum atomic E-state index is -0.0677. The zero-order valence-corrected chi connectivity index (χ0v) is 14.7. The summed E-state index contributed by atoms with van der Waals surface area (Å²) < 4.78 is 11.6. The Morgan fingerprint density at radius 2 is 2.08 bits per heavy atom. The van der Waals surface area contributed by atoms with E-state index in [1.165, 1.54) is 0 Å². The number of ether oxygens (including phenoxy) is 2. The highest BCUT2D eigenvalue weighted by Gasteiger charge is 2.40. The first-order valence-corrected chi connectivity index (χ1v) is 9.05. The second-order valence-corrected chi connectivity index (χ2v) is 7.24. The number of rotatable bonds is 3. The van der Waals surface area contributed by atoms with Crippen molar-refractivity contribution in [1.82, 2.24) is 14.9 Å². The van der Waals surface area contributed by atoms with Crippen LogP contribution in [0.15, 0.2) is 29.1 Å². The molecule has 2 aliphatic heterocycles. The fraction of sp³-hybridized carbons (Fsp3) is 0.579. The number of hydrogen-bond donors (Lipinski definition) is 1. The highest BCUT2D eigenvalue weighted by Crippen LogP contribution is 2.35. The van der Waals surface area contributed by atoms with Gasteiger partial charge in [-0.3, -0.25) is 9.69 Å². The summed E-state index contributed by atoms with van der Waals surface area (Å²) in [6.07, 6.45) is 3.98. The van der Waals surface area contributed by atoms with Crippen LogP contribution in [0.2, 0.25) is 0 Å². The van der Waals surface area contributed by atoms with E-state index in [1.54, 1.807) is 0 Å². The van der Waals surface area contributed by atoms with Crippen molar-refractivity contribution in [2.24, 2.45) is 0 Å². The van der Waals surface area contributed by atoms with Gasteiger partial charge >= 0.3 is 0 Å². The van der Waals surface area contributed by atoms with E-state index < -0.39 is 0 Å². The summed E-state index contributed by atoms with van der Waals surface area (Å²) in [6, 6.07) is 7.90. The molecule has 2 fully saturated rings. The molecule has 1 aromatic carbocycles. The maximum absolute atomic E-state index is 12.3. The van der Waals surface area contributed by atoms with E-state index in [9.17, 15) is 4.79 Å². The first-order valence-electron chi connectivity index (χ1n) is 9.05. The number of aromatic nitrogens is 2. The minimum Gasteiger partial charge on any atom is -0.381 e. The Balaban J connectivity index is 1.49. The average molecular weight is 343 g/mol. The minimum absolute atomic E-state index is 0.0281. The molecular formula is C19H25N3O3. The molecule has 2 saturated heterocycles. The molecular weight excluding hydrogens is 318 g/mol. The number of aromatic amines is 1. The van der Waals surface area contributed by atoms with Crippen molar-refractivity contribution in [3.8, 4) is 0 Å². The summed E-state index contributed by atoms with van der Waals surface area (Å²) >= 11 is 0. The van der Waals surface area contributed by atoms with Gasteiger partial charge < -0.3 is 14.5 Å². The van der Waals surface area contributed by atoms with Crippen LogP contribution in [-0.4, -0.2) is 53.4 Å². The molecule has 0 radical (unpaired) electrons. The lowest BCUT2D eigenvalue weighted by Gasteiger charge is -2.45. The van der Waals surface area contributed by atoms with Gasteiger partial charge in [0, 0.05) is 25.9 Å². The van der Waals surface area contributed by atoms with Crippen molar-refractivity contribution < 1.29 is 9.47 Å². The van der Waals surface area contributed by atoms with Crippen molar-refractivity contribution in [1.29, 1.82) is 0 Å². The normalized spacial score (nSPS) is 23.4. The van der Waals surface area contributed by atoms with Gasteiger partial charge in [0.25, 0.3) is 5.56 Å². The Hall–Kier alpha value is -1.76. The number of para-hydroxylation sites is 1. The quantitative estimate of drug-likeness (QED) is 0.924. The van der Waals surface area contributed by atoms with Crippen LogP contribution in [0.1, 0.15) is 31.5 Å². The monoisotopic (exact) mass is 343 g/mol. The third-order valence-electron chi connectivity index (χ3n) is 5.56. The second-order valence-electron chi connectivity index (χ2n) is 7.24. The molecule has 1 spiro atoms. The molecule has 0 saturated carbocycles. The number of H-pyrrole nitrogens is 1. The lowest BCUT2D eigenvalue weighted by molar-refractivity contribution is -0.150. The second kappa shape index (κ2) is 6.86. The van der Waals surface area contributed by atoms with E-state index >= 15 is 0 Å². The molecule has 3 heterocycles. The van der Waals surface area contributed by atoms with Gasteiger partial charge in [0.2, 0.25) is 0 Å². The number of nitrogens with zero attached hydrogens (tertiary/aromatic N) is 2. The fourth-order valence-electron chi connectivity index (χ4n) is 4.05. The van der Waals surface area contributed by atoms with E-state index in [4.69, 9.17) is 9.47 Å². The van der Waals surface area contributed by atoms with Crippen molar-refractivity contribution in [3.63, 3.8) is 0 Å². The first kappa shape index (κ1) is 16.7. The standard InChI is InChI=1S/C19H25N3O3/c1-22(14-6-9-25-19(12-14)7-10-24-11-8-19)13-17-20-16-5-3-2-4-15(16)18(23)21-17/h2-5,14H,6-13H2,1H3,(H,20,21,23). The van der Waals surface area contributed by atoms with E-state index in [2.05, 4.69) is 21.9 Å². The molecule has 1 aromatic heterocycles. The maximum Gasteiger partial charge on any atom is 0.258 e. The first-order chi connectivity index (χ1) is 12.2. The van der Waals surface area contributed by atoms with E-state index in [0.717, 1.165) is 56.8 Å². The average Bonchev–Trinajstić information content (AvgIpc) is 2.62. The maximum atomic E-state index is 12.3. The van der Waals surface area contributed by atoms with Crippen molar-refractivity contribution in [3.05, 3.63) is 40.4 Å². The van der Waals surface area contributed by atoms with Gasteiger partial charge in [-0.1, -0.05) is 12.1 Å². The zero-order chi connectivity index (χ0) is 17.3. The lowest BCUT2D eigenvalue weighted by Crippen LogP contribution is -2.50. The largest absolute Gasteiger partial charge is 0.381 e. The van der Waals surface area contributed by atoms with Crippen LogP contribution >= 0.6 is 0 Å². The number of fused-ring (bicyclic) bond motifs is 1. The Kier molecular flexibility index (Phi) is 4.58. The summed E-state index contributed by atoms with van der Waals surface area (Å²) in [4.78, 5) is 22.1. The third kappa shape index (κ3) is 3.47. The Bertz CT molecular complexity index is 792. The number of nitrogens with one attached hydrogen (secondary N) is 1. The van der Waals surface area contributed by atoms with Gasteiger partial charge in [-0.25, -0.2) is 4.98 Å². The lowest BCUT2D eigenvalue weighted by atomic mass is 9.83. The van der Waals surface area contributed by atoms with Crippen molar-refractivity contribution in [2.45, 2.75) is 43.9 Å². The molecule has 2 aliphatic rings. The third-order valence-corrected chi connectivity index (χ3v) is 5.56. The van der Waals surface area contributed by atoms with Crippen LogP contribution in [0.5, 0.6) is 0 Å². The topological polar surface area (TPSA) is 67.5 Å². The van der Waals surface area contributed by atoms with Gasteiger partial charge in [-0.15, -0.1) is 0 Å². The number of hydrogen-bond acceptors (Lipinski definition) is 5. The van der Waals surface area contributed by atoms with E-state index in [-0.39, 0.29) is 11.2 Å². The van der Waals surface area contributed by atoms with Gasteiger partial charge in [0.15, 0.2) is 0 Å². The predicted molar refractivity (Wildman–Crippen MR) is 95.6 cm³/mol. The summed E-state index contributed by atoms with van der Waals surface area (Å²) in [5.74, 6) is 0.721. The Morgan fingerprint density at radius 1 is 1.28 bits per heavy atom. The summed E-state index contributed by atoms with van der Waals surface area (Å²) in [6.45, 7) is 3.00. The highest BCUT2D eigenvalue weighted by atomic mass is 16.5. The highest BCUT2D eigenvalue weighted by molar-refractivity contribution is 5.77. The van der Waals surface area contributed by atoms with E-state index in [1.807, 2.05) is 24.3 Å². The van der Waals surface area contributed by atoms with Crippen LogP contribution in [0, 0.1) is 0 Å². The molecule has 6 heteroatoms. The van der Waals surface area contributed by atoms with Crippen molar-refractivity contribution >= 4 is 10.9 Å². The van der Waals surface area contributed by atoms with Gasteiger partial charge in [0.05, 0.1) is 23.0 Å². The smallest absolute Gasteiger partial charge is 0.258 e. The summed E-state index contributed by atoms with van der Waals surface area (Å²) in [7, 11) is 2.11. The van der Waals surface area contributed by atoms with Gasteiger partial charge in [-0.2, -0.15) is 0 Å². The van der Waals surface area contributed by atoms with Crippen LogP contribution in [0.25, 0.3) is 10.9 Å². The molecule has 2 aromatic rings. The SMILES string of the molecule is CN(Cc1nc2ccccc2c(=O)[nH]1)C1CCOC2(CCOCC2)C1. The molecule has 1 N–H and O–H groups in total. The molecule has 0 amide bonds. The molecule has 0 bridgehead atoms. The molecule has 1 atom stereocenters. The molecule has 1 unspecified atom stereocenters. The van der Waals surface area contributed by atoms with E-state index in [0.29, 0.717) is 18.0 Å². The van der Waals surface area contributed by atoms with Crippen molar-refractivity contribution in [2.75, 3.05) is 26.9 Å². The van der Waals surface area contributed by atoms with Gasteiger partial charge in [-0.05, 0) is 44.9 Å². The van der Waals surface area contributed by atoms with Gasteiger partial charge in [0.1, 0.15) is 5.82 Å². The Labute approximate surface area is 147 Å². The molecule has 134 valence electrons. The predicted octanol–water partition coefficient (Wildman–Crippen LogP) is 2.08. The van der Waals surface area contributed by atoms with Crippen LogP contribution in [0.3, 0.4) is 0 Å². The molecule has 0 aliphatic carbocycles. The van der Waals surface area contributed by atoms with Crippen LogP contribution in [0.4, 0.5) is 0 Å². The molecule has 6 nitrogen and oxygen atoms in total. The zero-order valence-electron chi connectivity index (χ0n) is 14.7.